The Labute approximate surface area is 215 Å². The number of hydrogen-bond acceptors (Lipinski definition) is 4. The minimum absolute atomic E-state index is 0.151. The number of aliphatic imine (C=N–C) groups is 2. The van der Waals surface area contributed by atoms with Gasteiger partial charge in [-0.1, -0.05) is 92.5 Å². The van der Waals surface area contributed by atoms with Crippen molar-refractivity contribution in [3.05, 3.63) is 128 Å². The Balaban J connectivity index is 1.81. The van der Waals surface area contributed by atoms with Crippen LogP contribution in [0.5, 0.6) is 11.5 Å². The van der Waals surface area contributed by atoms with Crippen molar-refractivity contribution in [2.45, 2.75) is 12.1 Å². The van der Waals surface area contributed by atoms with Gasteiger partial charge in [0.25, 0.3) is 0 Å². The molecular formula is C28H22Br2N2O2. The molecule has 2 N–H and O–H groups in total. The van der Waals surface area contributed by atoms with E-state index in [2.05, 4.69) is 31.9 Å². The average molecular weight is 578 g/mol. The molecule has 0 amide bonds. The largest absolute Gasteiger partial charge is 0.507 e. The molecule has 0 fully saturated rings. The summed E-state index contributed by atoms with van der Waals surface area (Å²) in [5.74, 6) is 0.301. The van der Waals surface area contributed by atoms with Gasteiger partial charge in [-0.05, 0) is 47.5 Å². The average Bonchev–Trinajstić information content (AvgIpc) is 2.86. The van der Waals surface area contributed by atoms with Crippen LogP contribution in [0.1, 0.15) is 34.3 Å². The number of benzene rings is 4. The second kappa shape index (κ2) is 11.3. The van der Waals surface area contributed by atoms with Crippen molar-refractivity contribution < 1.29 is 10.2 Å². The van der Waals surface area contributed by atoms with E-state index in [0.29, 0.717) is 11.1 Å². The van der Waals surface area contributed by atoms with Crippen LogP contribution < -0.4 is 0 Å². The van der Waals surface area contributed by atoms with E-state index in [9.17, 15) is 10.2 Å². The fourth-order valence-electron chi connectivity index (χ4n) is 3.58. The predicted molar refractivity (Wildman–Crippen MR) is 145 cm³/mol. The van der Waals surface area contributed by atoms with Crippen LogP contribution in [0.15, 0.2) is 116 Å². The third kappa shape index (κ3) is 6.01. The molecule has 0 aromatic heterocycles. The Hall–Kier alpha value is -3.22. The Bertz CT molecular complexity index is 1210. The van der Waals surface area contributed by atoms with E-state index >= 15 is 0 Å². The van der Waals surface area contributed by atoms with Gasteiger partial charge < -0.3 is 10.2 Å². The van der Waals surface area contributed by atoms with Gasteiger partial charge in [-0.15, -0.1) is 0 Å². The summed E-state index contributed by atoms with van der Waals surface area (Å²) in [5, 5.41) is 20.6. The number of hydrogen-bond donors (Lipinski definition) is 2. The number of phenolic OH excluding ortho intramolecular Hbond substituents is 2. The first-order valence-electron chi connectivity index (χ1n) is 10.6. The van der Waals surface area contributed by atoms with Gasteiger partial charge in [0.1, 0.15) is 23.6 Å². The van der Waals surface area contributed by atoms with Crippen molar-refractivity contribution in [3.63, 3.8) is 0 Å². The zero-order chi connectivity index (χ0) is 23.9. The maximum absolute atomic E-state index is 10.3. The lowest BCUT2D eigenvalue weighted by atomic mass is 9.94. The molecular weight excluding hydrogens is 556 g/mol. The number of halogens is 2. The van der Waals surface area contributed by atoms with Gasteiger partial charge in [0.15, 0.2) is 0 Å². The SMILES string of the molecule is Oc1ccc(Br)cc1/C=N/[C@H](c1ccccc1)[C@H](/N=C/c1cc(Br)ccc1O)c1ccccc1. The van der Waals surface area contributed by atoms with Crippen LogP contribution in [0.3, 0.4) is 0 Å². The first-order valence-corrected chi connectivity index (χ1v) is 12.2. The Morgan fingerprint density at radius 2 is 0.941 bits per heavy atom. The van der Waals surface area contributed by atoms with Crippen molar-refractivity contribution in [2.24, 2.45) is 9.98 Å². The highest BCUT2D eigenvalue weighted by Gasteiger charge is 2.23. The number of nitrogens with zero attached hydrogens (tertiary/aromatic N) is 2. The van der Waals surface area contributed by atoms with Crippen LogP contribution in [-0.4, -0.2) is 22.6 Å². The minimum Gasteiger partial charge on any atom is -0.507 e. The summed E-state index contributed by atoms with van der Waals surface area (Å²) in [6.45, 7) is 0. The van der Waals surface area contributed by atoms with Crippen molar-refractivity contribution in [1.29, 1.82) is 0 Å². The maximum Gasteiger partial charge on any atom is 0.124 e. The molecule has 0 saturated heterocycles. The monoisotopic (exact) mass is 576 g/mol. The predicted octanol–water partition coefficient (Wildman–Crippen LogP) is 7.64. The highest BCUT2D eigenvalue weighted by atomic mass is 79.9. The number of rotatable bonds is 7. The molecule has 4 aromatic rings. The summed E-state index contributed by atoms with van der Waals surface area (Å²) in [6, 6.07) is 29.6. The fourth-order valence-corrected chi connectivity index (χ4v) is 4.34. The summed E-state index contributed by atoms with van der Waals surface area (Å²) in [7, 11) is 0. The van der Waals surface area contributed by atoms with Crippen LogP contribution >= 0.6 is 31.9 Å². The molecule has 4 nitrogen and oxygen atoms in total. The molecule has 34 heavy (non-hydrogen) atoms. The molecule has 0 bridgehead atoms. The molecule has 170 valence electrons. The lowest BCUT2D eigenvalue weighted by Gasteiger charge is -2.22. The third-order valence-corrected chi connectivity index (χ3v) is 6.30. The highest BCUT2D eigenvalue weighted by molar-refractivity contribution is 9.10. The molecule has 6 heteroatoms. The van der Waals surface area contributed by atoms with E-state index in [1.54, 1.807) is 36.7 Å². The van der Waals surface area contributed by atoms with Crippen molar-refractivity contribution >= 4 is 44.3 Å². The van der Waals surface area contributed by atoms with Gasteiger partial charge in [0, 0.05) is 32.5 Å². The lowest BCUT2D eigenvalue weighted by Crippen LogP contribution is -2.09. The van der Waals surface area contributed by atoms with Gasteiger partial charge in [-0.25, -0.2) is 0 Å². The quantitative estimate of drug-likeness (QED) is 0.222. The van der Waals surface area contributed by atoms with Crippen molar-refractivity contribution in [3.8, 4) is 11.5 Å². The molecule has 0 heterocycles. The third-order valence-electron chi connectivity index (χ3n) is 5.31. The normalized spacial score (nSPS) is 13.4. The van der Waals surface area contributed by atoms with Crippen LogP contribution in [0.2, 0.25) is 0 Å². The summed E-state index contributed by atoms with van der Waals surface area (Å²) >= 11 is 6.91. The molecule has 0 spiro atoms. The molecule has 0 radical (unpaired) electrons. The Morgan fingerprint density at radius 3 is 1.32 bits per heavy atom. The molecule has 0 aliphatic heterocycles. The fraction of sp³-hybridized carbons (Fsp3) is 0.0714. The van der Waals surface area contributed by atoms with Crippen LogP contribution in [0.25, 0.3) is 0 Å². The molecule has 4 aromatic carbocycles. The van der Waals surface area contributed by atoms with Crippen LogP contribution in [0, 0.1) is 0 Å². The zero-order valence-electron chi connectivity index (χ0n) is 18.1. The first kappa shape index (κ1) is 23.9. The van der Waals surface area contributed by atoms with E-state index in [-0.39, 0.29) is 23.6 Å². The number of phenols is 2. The summed E-state index contributed by atoms with van der Waals surface area (Å²) < 4.78 is 1.71. The van der Waals surface area contributed by atoms with Gasteiger partial charge in [-0.2, -0.15) is 0 Å². The lowest BCUT2D eigenvalue weighted by molar-refractivity contribution is 0.473. The Morgan fingerprint density at radius 1 is 0.559 bits per heavy atom. The van der Waals surface area contributed by atoms with E-state index in [1.165, 1.54) is 0 Å². The minimum atomic E-state index is -0.368. The molecule has 0 saturated carbocycles. The number of aromatic hydroxyl groups is 2. The van der Waals surface area contributed by atoms with Crippen LogP contribution in [0.4, 0.5) is 0 Å². The second-order valence-corrected chi connectivity index (χ2v) is 9.51. The van der Waals surface area contributed by atoms with E-state index in [1.807, 2.05) is 72.8 Å². The molecule has 2 atom stereocenters. The van der Waals surface area contributed by atoms with Crippen LogP contribution in [-0.2, 0) is 0 Å². The van der Waals surface area contributed by atoms with E-state index in [4.69, 9.17) is 9.98 Å². The smallest absolute Gasteiger partial charge is 0.124 e. The van der Waals surface area contributed by atoms with E-state index < -0.39 is 0 Å². The molecule has 0 aliphatic carbocycles. The summed E-state index contributed by atoms with van der Waals surface area (Å²) in [4.78, 5) is 9.81. The summed E-state index contributed by atoms with van der Waals surface area (Å²) in [6.07, 6.45) is 3.36. The van der Waals surface area contributed by atoms with Gasteiger partial charge in [0.05, 0.1) is 0 Å². The summed E-state index contributed by atoms with van der Waals surface area (Å²) in [5.41, 5.74) is 3.18. The van der Waals surface area contributed by atoms with Crippen molar-refractivity contribution in [1.82, 2.24) is 0 Å². The van der Waals surface area contributed by atoms with Gasteiger partial charge in [-0.3, -0.25) is 9.98 Å². The Kier molecular flexibility index (Phi) is 7.93. The van der Waals surface area contributed by atoms with Gasteiger partial charge in [0.2, 0.25) is 0 Å². The highest BCUT2D eigenvalue weighted by Crippen LogP contribution is 2.36. The second-order valence-electron chi connectivity index (χ2n) is 7.67. The zero-order valence-corrected chi connectivity index (χ0v) is 21.3. The standard InChI is InChI=1S/C28H22Br2N2O2/c29-23-11-13-25(33)21(15-23)17-31-27(19-7-3-1-4-8-19)28(20-9-5-2-6-10-20)32-18-22-16-24(30)12-14-26(22)34/h1-18,27-28,33-34H/b31-17+,32-18+/t27-,28-/m1/s1. The van der Waals surface area contributed by atoms with E-state index in [0.717, 1.165) is 20.1 Å². The topological polar surface area (TPSA) is 65.2 Å². The maximum atomic E-state index is 10.3. The first-order chi connectivity index (χ1) is 16.5. The molecule has 4 rings (SSSR count). The van der Waals surface area contributed by atoms with Gasteiger partial charge >= 0.3 is 0 Å². The molecule has 0 unspecified atom stereocenters. The molecule has 0 aliphatic rings. The van der Waals surface area contributed by atoms with Crippen molar-refractivity contribution in [2.75, 3.05) is 0 Å².